The second-order valence-electron chi connectivity index (χ2n) is 4.61. The molecule has 3 heterocycles. The number of carbonyl (C=O) groups excluding carboxylic acids is 1. The summed E-state index contributed by atoms with van der Waals surface area (Å²) in [6.45, 7) is 0.719. The van der Waals surface area contributed by atoms with Crippen LogP contribution in [0.3, 0.4) is 0 Å². The summed E-state index contributed by atoms with van der Waals surface area (Å²) in [5, 5.41) is 0.0468. The quantitative estimate of drug-likeness (QED) is 0.864. The minimum Gasteiger partial charge on any atom is -0.324 e. The van der Waals surface area contributed by atoms with Gasteiger partial charge >= 0.3 is 0 Å². The van der Waals surface area contributed by atoms with Gasteiger partial charge in [-0.1, -0.05) is 6.07 Å². The third-order valence-corrected chi connectivity index (χ3v) is 4.52. The van der Waals surface area contributed by atoms with E-state index in [1.165, 1.54) is 5.56 Å². The largest absolute Gasteiger partial charge is 0.324 e. The van der Waals surface area contributed by atoms with Gasteiger partial charge in [0.25, 0.3) is 0 Å². The van der Waals surface area contributed by atoms with Crippen LogP contribution in [0.4, 0.5) is 0 Å². The summed E-state index contributed by atoms with van der Waals surface area (Å²) < 4.78 is 0. The molecule has 0 aromatic carbocycles. The fourth-order valence-corrected chi connectivity index (χ4v) is 3.44. The number of thioether (sulfide) groups is 1. The summed E-state index contributed by atoms with van der Waals surface area (Å²) >= 11 is 1.65. The van der Waals surface area contributed by atoms with Crippen molar-refractivity contribution in [3.8, 4) is 0 Å². The molecule has 3 rings (SSSR count). The Kier molecular flexibility index (Phi) is 3.97. The Morgan fingerprint density at radius 2 is 2.05 bits per heavy atom. The van der Waals surface area contributed by atoms with Crippen molar-refractivity contribution in [2.45, 2.75) is 11.8 Å². The number of nitrogens with zero attached hydrogens (tertiary/aromatic N) is 3. The maximum absolute atomic E-state index is 12.0. The topological polar surface area (TPSA) is 46.1 Å². The van der Waals surface area contributed by atoms with E-state index in [2.05, 4.69) is 9.97 Å². The van der Waals surface area contributed by atoms with E-state index in [4.69, 9.17) is 0 Å². The summed E-state index contributed by atoms with van der Waals surface area (Å²) in [4.78, 5) is 22.4. The van der Waals surface area contributed by atoms with Crippen LogP contribution in [0.5, 0.6) is 0 Å². The second-order valence-corrected chi connectivity index (χ2v) is 5.68. The van der Waals surface area contributed by atoms with Crippen molar-refractivity contribution in [2.75, 3.05) is 12.3 Å². The molecule has 20 heavy (non-hydrogen) atoms. The molecule has 0 N–H and O–H groups in total. The molecule has 1 fully saturated rings. The van der Waals surface area contributed by atoms with Crippen LogP contribution < -0.4 is 0 Å². The van der Waals surface area contributed by atoms with Crippen molar-refractivity contribution in [3.05, 3.63) is 60.2 Å². The highest BCUT2D eigenvalue weighted by Gasteiger charge is 2.33. The highest BCUT2D eigenvalue weighted by molar-refractivity contribution is 8.00. The Morgan fingerprint density at radius 1 is 1.20 bits per heavy atom. The van der Waals surface area contributed by atoms with Crippen LogP contribution in [0.2, 0.25) is 0 Å². The molecule has 0 saturated carbocycles. The lowest BCUT2D eigenvalue weighted by Gasteiger charge is -2.23. The Hall–Kier alpha value is -1.88. The molecule has 1 aliphatic heterocycles. The van der Waals surface area contributed by atoms with Crippen molar-refractivity contribution >= 4 is 17.7 Å². The third kappa shape index (κ3) is 2.82. The molecule has 0 spiro atoms. The maximum Gasteiger partial charge on any atom is 0.233 e. The molecule has 1 saturated heterocycles. The smallest absolute Gasteiger partial charge is 0.233 e. The van der Waals surface area contributed by atoms with Crippen LogP contribution >= 0.6 is 11.8 Å². The van der Waals surface area contributed by atoms with Crippen LogP contribution in [0.1, 0.15) is 16.6 Å². The second kappa shape index (κ2) is 6.05. The zero-order valence-electron chi connectivity index (χ0n) is 11.0. The Bertz CT molecular complexity index is 576. The van der Waals surface area contributed by atoms with Crippen LogP contribution in [0.15, 0.2) is 48.9 Å². The molecule has 1 amide bonds. The number of hydrogen-bond donors (Lipinski definition) is 0. The summed E-state index contributed by atoms with van der Waals surface area (Å²) in [7, 11) is 0. The summed E-state index contributed by atoms with van der Waals surface area (Å²) in [5.41, 5.74) is 2.16. The first kappa shape index (κ1) is 13.1. The van der Waals surface area contributed by atoms with E-state index in [0.717, 1.165) is 18.7 Å². The van der Waals surface area contributed by atoms with E-state index in [9.17, 15) is 4.79 Å². The minimum absolute atomic E-state index is 0.0468. The van der Waals surface area contributed by atoms with E-state index < -0.39 is 0 Å². The summed E-state index contributed by atoms with van der Waals surface area (Å²) in [5.74, 6) is 0.733. The molecule has 5 heteroatoms. The van der Waals surface area contributed by atoms with Gasteiger partial charge in [0.05, 0.1) is 11.4 Å². The van der Waals surface area contributed by atoms with Gasteiger partial charge in [0, 0.05) is 25.1 Å². The van der Waals surface area contributed by atoms with Gasteiger partial charge in [0.1, 0.15) is 5.37 Å². The van der Waals surface area contributed by atoms with Crippen LogP contribution in [-0.2, 0) is 11.2 Å². The highest BCUT2D eigenvalue weighted by Crippen LogP contribution is 2.37. The minimum atomic E-state index is 0.0468. The third-order valence-electron chi connectivity index (χ3n) is 3.30. The Labute approximate surface area is 122 Å². The van der Waals surface area contributed by atoms with Gasteiger partial charge in [-0.3, -0.25) is 14.8 Å². The van der Waals surface area contributed by atoms with Crippen LogP contribution in [-0.4, -0.2) is 33.1 Å². The molecule has 2 aromatic rings. The van der Waals surface area contributed by atoms with Gasteiger partial charge in [-0.05, 0) is 36.2 Å². The number of pyridine rings is 2. The van der Waals surface area contributed by atoms with Crippen LogP contribution in [0, 0.1) is 0 Å². The predicted octanol–water partition coefficient (Wildman–Crippen LogP) is 2.29. The average molecular weight is 285 g/mol. The summed E-state index contributed by atoms with van der Waals surface area (Å²) in [6.07, 6.45) is 6.19. The van der Waals surface area contributed by atoms with Crippen molar-refractivity contribution in [3.63, 3.8) is 0 Å². The number of carbonyl (C=O) groups is 1. The van der Waals surface area contributed by atoms with Crippen molar-refractivity contribution in [1.29, 1.82) is 0 Å². The lowest BCUT2D eigenvalue weighted by molar-refractivity contribution is -0.128. The van der Waals surface area contributed by atoms with E-state index in [1.54, 1.807) is 30.4 Å². The number of aromatic nitrogens is 2. The molecule has 4 nitrogen and oxygen atoms in total. The molecular weight excluding hydrogens is 270 g/mol. The first-order chi connectivity index (χ1) is 9.84. The lowest BCUT2D eigenvalue weighted by atomic mass is 10.2. The van der Waals surface area contributed by atoms with Gasteiger partial charge in [0.2, 0.25) is 5.91 Å². The molecule has 2 aromatic heterocycles. The van der Waals surface area contributed by atoms with Crippen LogP contribution in [0.25, 0.3) is 0 Å². The van der Waals surface area contributed by atoms with Gasteiger partial charge in [-0.25, -0.2) is 0 Å². The van der Waals surface area contributed by atoms with E-state index in [0.29, 0.717) is 5.75 Å². The zero-order chi connectivity index (χ0) is 13.8. The maximum atomic E-state index is 12.0. The molecule has 102 valence electrons. The first-order valence-corrected chi connectivity index (χ1v) is 7.60. The lowest BCUT2D eigenvalue weighted by Crippen LogP contribution is -2.30. The normalized spacial score (nSPS) is 18.5. The van der Waals surface area contributed by atoms with E-state index in [1.807, 2.05) is 35.2 Å². The standard InChI is InChI=1S/C15H15N3OS/c19-14-11-20-15(13-3-1-2-7-17-13)18(14)10-6-12-4-8-16-9-5-12/h1-5,7-9,15H,6,10-11H2. The van der Waals surface area contributed by atoms with Gasteiger partial charge in [-0.2, -0.15) is 0 Å². The zero-order valence-corrected chi connectivity index (χ0v) is 11.8. The number of hydrogen-bond acceptors (Lipinski definition) is 4. The van der Waals surface area contributed by atoms with E-state index >= 15 is 0 Å². The number of rotatable bonds is 4. The highest BCUT2D eigenvalue weighted by atomic mass is 32.2. The van der Waals surface area contributed by atoms with Crippen molar-refractivity contribution in [1.82, 2.24) is 14.9 Å². The first-order valence-electron chi connectivity index (χ1n) is 6.55. The fraction of sp³-hybridized carbons (Fsp3) is 0.267. The van der Waals surface area contributed by atoms with E-state index in [-0.39, 0.29) is 11.3 Å². The molecule has 0 bridgehead atoms. The fourth-order valence-electron chi connectivity index (χ4n) is 2.26. The molecular formula is C15H15N3OS. The summed E-state index contributed by atoms with van der Waals surface area (Å²) in [6, 6.07) is 9.82. The van der Waals surface area contributed by atoms with Gasteiger partial charge in [-0.15, -0.1) is 11.8 Å². The van der Waals surface area contributed by atoms with Gasteiger partial charge in [0.15, 0.2) is 0 Å². The Morgan fingerprint density at radius 3 is 2.80 bits per heavy atom. The van der Waals surface area contributed by atoms with Crippen molar-refractivity contribution in [2.24, 2.45) is 0 Å². The number of amides is 1. The average Bonchev–Trinajstić information content (AvgIpc) is 2.88. The Balaban J connectivity index is 1.71. The monoisotopic (exact) mass is 285 g/mol. The van der Waals surface area contributed by atoms with Crippen molar-refractivity contribution < 1.29 is 4.79 Å². The molecule has 0 radical (unpaired) electrons. The van der Waals surface area contributed by atoms with Gasteiger partial charge < -0.3 is 4.90 Å². The molecule has 0 aliphatic carbocycles. The predicted molar refractivity (Wildman–Crippen MR) is 79.1 cm³/mol. The molecule has 1 atom stereocenters. The molecule has 1 aliphatic rings. The molecule has 1 unspecified atom stereocenters. The SMILES string of the molecule is O=C1CSC(c2ccccn2)N1CCc1ccncc1.